The second kappa shape index (κ2) is 8.90. The number of hydrogen-bond acceptors (Lipinski definition) is 3. The van der Waals surface area contributed by atoms with E-state index >= 15 is 0 Å². The van der Waals surface area contributed by atoms with Gasteiger partial charge in [0.05, 0.1) is 0 Å². The summed E-state index contributed by atoms with van der Waals surface area (Å²) in [6, 6.07) is 7.56. The molecule has 1 aromatic carbocycles. The van der Waals surface area contributed by atoms with Crippen LogP contribution in [0.1, 0.15) is 25.3 Å². The second-order valence-corrected chi connectivity index (χ2v) is 5.67. The first-order valence-corrected chi connectivity index (χ1v) is 8.26. The maximum absolute atomic E-state index is 11.9. The van der Waals surface area contributed by atoms with Gasteiger partial charge in [0.1, 0.15) is 0 Å². The quantitative estimate of drug-likeness (QED) is 0.666. The second-order valence-electron chi connectivity index (χ2n) is 5.67. The van der Waals surface area contributed by atoms with E-state index in [0.29, 0.717) is 26.2 Å². The summed E-state index contributed by atoms with van der Waals surface area (Å²) in [6.45, 7) is 4.23. The van der Waals surface area contributed by atoms with E-state index in [1.807, 2.05) is 24.3 Å². The first-order chi connectivity index (χ1) is 11.6. The van der Waals surface area contributed by atoms with Crippen LogP contribution in [0, 0.1) is 0 Å². The van der Waals surface area contributed by atoms with Gasteiger partial charge in [-0.2, -0.15) is 0 Å². The summed E-state index contributed by atoms with van der Waals surface area (Å²) < 4.78 is 0. The topological polar surface area (TPSA) is 90.5 Å². The van der Waals surface area contributed by atoms with Crippen molar-refractivity contribution in [2.45, 2.75) is 26.2 Å². The Balaban J connectivity index is 1.63. The van der Waals surface area contributed by atoms with Crippen molar-refractivity contribution in [3.05, 3.63) is 29.8 Å². The Kier molecular flexibility index (Phi) is 6.60. The van der Waals surface area contributed by atoms with Crippen molar-refractivity contribution in [2.24, 2.45) is 0 Å². The lowest BCUT2D eigenvalue weighted by Gasteiger charge is -2.14. The molecule has 7 heteroatoms. The number of rotatable bonds is 8. The van der Waals surface area contributed by atoms with E-state index in [-0.39, 0.29) is 30.7 Å². The lowest BCUT2D eigenvalue weighted by molar-refractivity contribution is -0.124. The number of urea groups is 1. The Morgan fingerprint density at radius 2 is 2.04 bits per heavy atom. The maximum Gasteiger partial charge on any atom is 0.317 e. The smallest absolute Gasteiger partial charge is 0.317 e. The zero-order valence-corrected chi connectivity index (χ0v) is 13.9. The summed E-state index contributed by atoms with van der Waals surface area (Å²) in [5.41, 5.74) is 1.90. The fourth-order valence-electron chi connectivity index (χ4n) is 2.46. The van der Waals surface area contributed by atoms with E-state index in [9.17, 15) is 14.4 Å². The number of nitrogens with zero attached hydrogens (tertiary/aromatic N) is 1. The molecule has 0 bridgehead atoms. The number of aryl methyl sites for hydroxylation is 1. The van der Waals surface area contributed by atoms with Crippen molar-refractivity contribution in [3.63, 3.8) is 0 Å². The molecule has 7 nitrogen and oxygen atoms in total. The van der Waals surface area contributed by atoms with Crippen LogP contribution in [0.15, 0.2) is 24.3 Å². The number of carbonyl (C=O) groups excluding carboxylic acids is 3. The van der Waals surface area contributed by atoms with E-state index in [0.717, 1.165) is 17.7 Å². The zero-order chi connectivity index (χ0) is 17.4. The molecule has 3 N–H and O–H groups in total. The predicted molar refractivity (Wildman–Crippen MR) is 91.7 cm³/mol. The molecular weight excluding hydrogens is 308 g/mol. The maximum atomic E-state index is 11.9. The Bertz CT molecular complexity index is 603. The molecule has 1 aliphatic rings. The van der Waals surface area contributed by atoms with Gasteiger partial charge in [-0.3, -0.25) is 9.59 Å². The average molecular weight is 332 g/mol. The summed E-state index contributed by atoms with van der Waals surface area (Å²) in [6.07, 6.45) is 1.17. The number of anilines is 1. The van der Waals surface area contributed by atoms with E-state index in [1.54, 1.807) is 4.90 Å². The highest BCUT2D eigenvalue weighted by Crippen LogP contribution is 2.11. The molecule has 4 amide bonds. The van der Waals surface area contributed by atoms with Crippen molar-refractivity contribution in [2.75, 3.05) is 31.5 Å². The zero-order valence-electron chi connectivity index (χ0n) is 13.9. The van der Waals surface area contributed by atoms with E-state index in [1.165, 1.54) is 0 Å². The van der Waals surface area contributed by atoms with Gasteiger partial charge in [-0.15, -0.1) is 0 Å². The summed E-state index contributed by atoms with van der Waals surface area (Å²) in [7, 11) is 0. The minimum Gasteiger partial charge on any atom is -0.354 e. The molecule has 1 fully saturated rings. The Morgan fingerprint density at radius 1 is 1.25 bits per heavy atom. The molecular formula is C17H24N4O3. The largest absolute Gasteiger partial charge is 0.354 e. The van der Waals surface area contributed by atoms with Gasteiger partial charge in [-0.05, 0) is 24.1 Å². The van der Waals surface area contributed by atoms with Crippen molar-refractivity contribution in [1.82, 2.24) is 15.5 Å². The molecule has 0 saturated carbocycles. The molecule has 24 heavy (non-hydrogen) atoms. The van der Waals surface area contributed by atoms with Crippen LogP contribution in [-0.4, -0.2) is 48.9 Å². The van der Waals surface area contributed by atoms with Crippen LogP contribution < -0.4 is 16.0 Å². The van der Waals surface area contributed by atoms with Crippen LogP contribution in [0.5, 0.6) is 0 Å². The molecule has 0 unspecified atom stereocenters. The van der Waals surface area contributed by atoms with E-state index in [2.05, 4.69) is 22.9 Å². The van der Waals surface area contributed by atoms with Crippen molar-refractivity contribution < 1.29 is 14.4 Å². The lowest BCUT2D eigenvalue weighted by atomic mass is 10.1. The molecule has 0 radical (unpaired) electrons. The first-order valence-electron chi connectivity index (χ1n) is 8.26. The fourth-order valence-corrected chi connectivity index (χ4v) is 2.46. The highest BCUT2D eigenvalue weighted by Gasteiger charge is 2.18. The molecule has 2 rings (SSSR count). The predicted octanol–water partition coefficient (Wildman–Crippen LogP) is 1.11. The van der Waals surface area contributed by atoms with Gasteiger partial charge < -0.3 is 20.9 Å². The standard InChI is InChI=1S/C17H24N4O3/c1-2-13-4-3-5-14(12-13)20-16(23)7-6-15(22)18-8-10-21-11-9-19-17(21)24/h3-5,12H,2,6-11H2,1H3,(H,18,22)(H,19,24)(H,20,23). The third kappa shape index (κ3) is 5.57. The highest BCUT2D eigenvalue weighted by atomic mass is 16.2. The van der Waals surface area contributed by atoms with Crippen LogP contribution in [-0.2, 0) is 16.0 Å². The number of amides is 4. The lowest BCUT2D eigenvalue weighted by Crippen LogP contribution is -2.36. The van der Waals surface area contributed by atoms with Crippen molar-refractivity contribution in [1.29, 1.82) is 0 Å². The third-order valence-electron chi connectivity index (χ3n) is 3.85. The number of carbonyl (C=O) groups is 3. The van der Waals surface area contributed by atoms with Gasteiger partial charge in [0.25, 0.3) is 0 Å². The van der Waals surface area contributed by atoms with Gasteiger partial charge >= 0.3 is 6.03 Å². The normalized spacial score (nSPS) is 13.5. The SMILES string of the molecule is CCc1cccc(NC(=O)CCC(=O)NCCN2CCNC2=O)c1. The summed E-state index contributed by atoms with van der Waals surface area (Å²) in [5.74, 6) is -0.371. The van der Waals surface area contributed by atoms with E-state index in [4.69, 9.17) is 0 Å². The van der Waals surface area contributed by atoms with Gasteiger partial charge in [0.15, 0.2) is 0 Å². The minimum absolute atomic E-state index is 0.0991. The van der Waals surface area contributed by atoms with Gasteiger partial charge in [-0.25, -0.2) is 4.79 Å². The van der Waals surface area contributed by atoms with Crippen LogP contribution in [0.4, 0.5) is 10.5 Å². The van der Waals surface area contributed by atoms with Gasteiger partial charge in [-0.1, -0.05) is 19.1 Å². The van der Waals surface area contributed by atoms with Gasteiger partial charge in [0, 0.05) is 44.7 Å². The Hall–Kier alpha value is -2.57. The number of nitrogens with one attached hydrogen (secondary N) is 3. The minimum atomic E-state index is -0.188. The molecule has 1 saturated heterocycles. The molecule has 0 aromatic heterocycles. The molecule has 1 aromatic rings. The molecule has 1 aliphatic heterocycles. The highest BCUT2D eigenvalue weighted by molar-refractivity contribution is 5.93. The molecule has 0 spiro atoms. The molecule has 1 heterocycles. The third-order valence-corrected chi connectivity index (χ3v) is 3.85. The van der Waals surface area contributed by atoms with Crippen molar-refractivity contribution >= 4 is 23.5 Å². The number of benzene rings is 1. The molecule has 0 atom stereocenters. The van der Waals surface area contributed by atoms with Gasteiger partial charge in [0.2, 0.25) is 11.8 Å². The molecule has 0 aliphatic carbocycles. The number of hydrogen-bond donors (Lipinski definition) is 3. The fraction of sp³-hybridized carbons (Fsp3) is 0.471. The summed E-state index contributed by atoms with van der Waals surface area (Å²) in [5, 5.41) is 8.23. The van der Waals surface area contributed by atoms with Crippen molar-refractivity contribution in [3.8, 4) is 0 Å². The van der Waals surface area contributed by atoms with E-state index < -0.39 is 0 Å². The first kappa shape index (κ1) is 17.8. The monoisotopic (exact) mass is 332 g/mol. The van der Waals surface area contributed by atoms with Crippen LogP contribution in [0.25, 0.3) is 0 Å². The van der Waals surface area contributed by atoms with Crippen LogP contribution >= 0.6 is 0 Å². The van der Waals surface area contributed by atoms with Crippen LogP contribution in [0.3, 0.4) is 0 Å². The Morgan fingerprint density at radius 3 is 2.75 bits per heavy atom. The summed E-state index contributed by atoms with van der Waals surface area (Å²) in [4.78, 5) is 36.6. The van der Waals surface area contributed by atoms with Crippen LogP contribution in [0.2, 0.25) is 0 Å². The molecule has 130 valence electrons. The Labute approximate surface area is 141 Å². The summed E-state index contributed by atoms with van der Waals surface area (Å²) >= 11 is 0. The average Bonchev–Trinajstić information content (AvgIpc) is 2.98.